The number of hydrogen-bond donors (Lipinski definition) is 1. The number of nitrogens with zero attached hydrogens (tertiary/aromatic N) is 2. The van der Waals surface area contributed by atoms with Crippen molar-refractivity contribution in [2.45, 2.75) is 19.1 Å². The first-order valence-corrected chi connectivity index (χ1v) is 8.89. The van der Waals surface area contributed by atoms with Crippen LogP contribution in [0, 0.1) is 0 Å². The molecule has 0 saturated heterocycles. The lowest BCUT2D eigenvalue weighted by Gasteiger charge is -2.10. The Bertz CT molecular complexity index is 858. The summed E-state index contributed by atoms with van der Waals surface area (Å²) in [5.74, 6) is -0.364. The summed E-state index contributed by atoms with van der Waals surface area (Å²) in [5, 5.41) is 13.0. The Morgan fingerprint density at radius 1 is 1.16 bits per heavy atom. The highest BCUT2D eigenvalue weighted by atomic mass is 32.1. The number of aromatic nitrogens is 2. The Morgan fingerprint density at radius 3 is 2.48 bits per heavy atom. The summed E-state index contributed by atoms with van der Waals surface area (Å²) in [6, 6.07) is 8.26. The van der Waals surface area contributed by atoms with Gasteiger partial charge in [0, 0.05) is 10.4 Å². The van der Waals surface area contributed by atoms with Gasteiger partial charge < -0.3 is 5.32 Å². The smallest absolute Gasteiger partial charge is 0.343 e. The van der Waals surface area contributed by atoms with Crippen molar-refractivity contribution in [2.24, 2.45) is 0 Å². The van der Waals surface area contributed by atoms with Gasteiger partial charge in [-0.3, -0.25) is 4.79 Å². The summed E-state index contributed by atoms with van der Waals surface area (Å²) >= 11 is 2.57. The molecule has 25 heavy (non-hydrogen) atoms. The Kier molecular flexibility index (Phi) is 4.87. The van der Waals surface area contributed by atoms with Gasteiger partial charge >= 0.3 is 6.18 Å². The highest BCUT2D eigenvalue weighted by molar-refractivity contribution is 7.16. The highest BCUT2D eigenvalue weighted by Crippen LogP contribution is 2.31. The lowest BCUT2D eigenvalue weighted by atomic mass is 10.1. The largest absolute Gasteiger partial charge is 0.416 e. The molecule has 0 fully saturated rings. The number of hydrogen-bond acceptors (Lipinski definition) is 5. The number of benzene rings is 1. The quantitative estimate of drug-likeness (QED) is 0.706. The summed E-state index contributed by atoms with van der Waals surface area (Å²) in [6.45, 7) is 1.86. The van der Waals surface area contributed by atoms with E-state index in [1.165, 1.54) is 23.5 Å². The summed E-state index contributed by atoms with van der Waals surface area (Å²) < 4.78 is 37.8. The maximum absolute atomic E-state index is 12.6. The van der Waals surface area contributed by atoms with Gasteiger partial charge in [0.05, 0.1) is 11.6 Å². The van der Waals surface area contributed by atoms with Gasteiger partial charge in [-0.15, -0.1) is 21.5 Å². The van der Waals surface area contributed by atoms with Gasteiger partial charge in [0.15, 0.2) is 0 Å². The normalized spacial score (nSPS) is 12.8. The van der Waals surface area contributed by atoms with Crippen LogP contribution in [-0.4, -0.2) is 16.1 Å². The molecular weight excluding hydrogens is 371 g/mol. The Balaban J connectivity index is 1.72. The van der Waals surface area contributed by atoms with Gasteiger partial charge in [0.2, 0.25) is 5.01 Å². The molecule has 9 heteroatoms. The van der Waals surface area contributed by atoms with E-state index in [4.69, 9.17) is 0 Å². The molecule has 3 rings (SSSR count). The van der Waals surface area contributed by atoms with E-state index in [1.807, 2.05) is 24.4 Å². The molecule has 0 radical (unpaired) electrons. The zero-order valence-corrected chi connectivity index (χ0v) is 14.5. The molecule has 130 valence electrons. The van der Waals surface area contributed by atoms with Crippen molar-refractivity contribution in [3.8, 4) is 10.6 Å². The molecular formula is C16H12F3N3OS2. The third-order valence-corrected chi connectivity index (χ3v) is 5.42. The van der Waals surface area contributed by atoms with Crippen LogP contribution in [0.25, 0.3) is 10.6 Å². The lowest BCUT2D eigenvalue weighted by Crippen LogP contribution is -2.25. The van der Waals surface area contributed by atoms with Gasteiger partial charge in [0.1, 0.15) is 5.01 Å². The van der Waals surface area contributed by atoms with Crippen LogP contribution < -0.4 is 5.32 Å². The maximum Gasteiger partial charge on any atom is 0.416 e. The molecule has 0 aliphatic rings. The molecule has 0 saturated carbocycles. The first-order chi connectivity index (χ1) is 11.8. The number of carbonyl (C=O) groups is 1. The standard InChI is InChI=1S/C16H12F3N3OS2/c1-9(12-3-2-8-24-12)20-13(23)15-22-21-14(25-15)10-4-6-11(7-5-10)16(17,18)19/h2-9H,1H3,(H,20,23)/t9-/m1/s1. The Hall–Kier alpha value is -2.26. The SMILES string of the molecule is C[C@@H](NC(=O)c1nnc(-c2ccc(C(F)(F)F)cc2)s1)c1cccs1. The maximum atomic E-state index is 12.6. The second-order valence-corrected chi connectivity index (χ2v) is 7.15. The Morgan fingerprint density at radius 2 is 1.88 bits per heavy atom. The summed E-state index contributed by atoms with van der Waals surface area (Å²) in [7, 11) is 0. The van der Waals surface area contributed by atoms with Gasteiger partial charge in [-0.25, -0.2) is 0 Å². The number of amides is 1. The van der Waals surface area contributed by atoms with E-state index in [0.717, 1.165) is 28.3 Å². The van der Waals surface area contributed by atoms with Gasteiger partial charge in [-0.1, -0.05) is 29.5 Å². The lowest BCUT2D eigenvalue weighted by molar-refractivity contribution is -0.137. The predicted octanol–water partition coefficient (Wildman–Crippen LogP) is 4.78. The van der Waals surface area contributed by atoms with Crippen LogP contribution in [0.4, 0.5) is 13.2 Å². The van der Waals surface area contributed by atoms with Gasteiger partial charge in [-0.05, 0) is 30.5 Å². The average Bonchev–Trinajstić information content (AvgIpc) is 3.26. The molecule has 2 heterocycles. The number of thiophene rings is 1. The predicted molar refractivity (Wildman–Crippen MR) is 90.5 cm³/mol. The fourth-order valence-corrected chi connectivity index (χ4v) is 3.59. The summed E-state index contributed by atoms with van der Waals surface area (Å²) in [6.07, 6.45) is -4.39. The van der Waals surface area contributed by atoms with Crippen LogP contribution in [0.15, 0.2) is 41.8 Å². The molecule has 1 atom stereocenters. The molecule has 0 aliphatic carbocycles. The van der Waals surface area contributed by atoms with Crippen molar-refractivity contribution in [3.63, 3.8) is 0 Å². The third-order valence-electron chi connectivity index (χ3n) is 3.40. The Labute approximate surface area is 149 Å². The molecule has 0 unspecified atom stereocenters. The second kappa shape index (κ2) is 6.93. The van der Waals surface area contributed by atoms with Crippen molar-refractivity contribution >= 4 is 28.6 Å². The minimum atomic E-state index is -4.39. The minimum Gasteiger partial charge on any atom is -0.343 e. The van der Waals surface area contributed by atoms with Crippen LogP contribution in [0.3, 0.4) is 0 Å². The van der Waals surface area contributed by atoms with Crippen LogP contribution in [0.5, 0.6) is 0 Å². The van der Waals surface area contributed by atoms with E-state index in [-0.39, 0.29) is 17.0 Å². The zero-order chi connectivity index (χ0) is 18.0. The summed E-state index contributed by atoms with van der Waals surface area (Å²) in [5.41, 5.74) is -0.251. The van der Waals surface area contributed by atoms with Crippen LogP contribution in [0.1, 0.15) is 33.2 Å². The van der Waals surface area contributed by atoms with E-state index in [2.05, 4.69) is 15.5 Å². The molecule has 1 amide bonds. The monoisotopic (exact) mass is 383 g/mol. The first kappa shape index (κ1) is 17.6. The number of halogens is 3. The molecule has 0 aliphatic heterocycles. The van der Waals surface area contributed by atoms with Crippen molar-refractivity contribution in [3.05, 3.63) is 57.2 Å². The van der Waals surface area contributed by atoms with Crippen molar-refractivity contribution in [2.75, 3.05) is 0 Å². The fourth-order valence-electron chi connectivity index (χ4n) is 2.10. The van der Waals surface area contributed by atoms with E-state index in [1.54, 1.807) is 0 Å². The molecule has 0 spiro atoms. The highest BCUT2D eigenvalue weighted by Gasteiger charge is 2.30. The number of carbonyl (C=O) groups excluding carboxylic acids is 1. The fraction of sp³-hybridized carbons (Fsp3) is 0.188. The van der Waals surface area contributed by atoms with E-state index in [9.17, 15) is 18.0 Å². The van der Waals surface area contributed by atoms with Crippen LogP contribution in [0.2, 0.25) is 0 Å². The molecule has 4 nitrogen and oxygen atoms in total. The van der Waals surface area contributed by atoms with Crippen LogP contribution in [-0.2, 0) is 6.18 Å². The van der Waals surface area contributed by atoms with E-state index in [0.29, 0.717) is 10.6 Å². The topological polar surface area (TPSA) is 54.9 Å². The van der Waals surface area contributed by atoms with Gasteiger partial charge in [0.25, 0.3) is 5.91 Å². The summed E-state index contributed by atoms with van der Waals surface area (Å²) in [4.78, 5) is 13.2. The van der Waals surface area contributed by atoms with E-state index >= 15 is 0 Å². The minimum absolute atomic E-state index is 0.161. The average molecular weight is 383 g/mol. The van der Waals surface area contributed by atoms with Crippen molar-refractivity contribution < 1.29 is 18.0 Å². The first-order valence-electron chi connectivity index (χ1n) is 7.20. The molecule has 0 bridgehead atoms. The number of rotatable bonds is 4. The number of alkyl halides is 3. The second-order valence-electron chi connectivity index (χ2n) is 5.20. The van der Waals surface area contributed by atoms with E-state index < -0.39 is 11.7 Å². The molecule has 1 aromatic carbocycles. The van der Waals surface area contributed by atoms with Crippen molar-refractivity contribution in [1.82, 2.24) is 15.5 Å². The molecule has 3 aromatic rings. The van der Waals surface area contributed by atoms with Gasteiger partial charge in [-0.2, -0.15) is 13.2 Å². The van der Waals surface area contributed by atoms with Crippen LogP contribution >= 0.6 is 22.7 Å². The number of nitrogens with one attached hydrogen (secondary N) is 1. The third kappa shape index (κ3) is 4.05. The van der Waals surface area contributed by atoms with Crippen molar-refractivity contribution in [1.29, 1.82) is 0 Å². The molecule has 1 N–H and O–H groups in total. The molecule has 2 aromatic heterocycles. The zero-order valence-electron chi connectivity index (χ0n) is 12.9.